The van der Waals surface area contributed by atoms with E-state index in [1.165, 1.54) is 22.0 Å². The third-order valence-electron chi connectivity index (χ3n) is 8.87. The van der Waals surface area contributed by atoms with Gasteiger partial charge in [0.1, 0.15) is 11.9 Å². The summed E-state index contributed by atoms with van der Waals surface area (Å²) in [7, 11) is 4.18. The Morgan fingerprint density at radius 1 is 1.14 bits per heavy atom. The average molecular weight is 580 g/mol. The molecular formula is C34H41N7O2. The van der Waals surface area contributed by atoms with Crippen LogP contribution in [0, 0.1) is 24.2 Å². The highest BCUT2D eigenvalue weighted by atomic mass is 16.5. The lowest BCUT2D eigenvalue weighted by Gasteiger charge is -2.42. The molecule has 1 saturated carbocycles. The number of hydrogen-bond donors (Lipinski definition) is 0. The number of aryl methyl sites for hydroxylation is 1. The number of carbonyl (C=O) groups excluding carboxylic acids is 1. The maximum Gasteiger partial charge on any atom is 0.318 e. The Hall–Kier alpha value is -4.16. The summed E-state index contributed by atoms with van der Waals surface area (Å²) >= 11 is 0. The quantitative estimate of drug-likeness (QED) is 0.365. The van der Waals surface area contributed by atoms with Crippen molar-refractivity contribution in [1.82, 2.24) is 19.8 Å². The summed E-state index contributed by atoms with van der Waals surface area (Å²) in [5, 5.41) is 12.1. The fourth-order valence-corrected chi connectivity index (χ4v) is 6.69. The Labute approximate surface area is 254 Å². The Morgan fingerprint density at radius 3 is 2.72 bits per heavy atom. The number of ether oxygens (including phenoxy) is 1. The predicted octanol–water partition coefficient (Wildman–Crippen LogP) is 4.34. The minimum absolute atomic E-state index is 0.0437. The van der Waals surface area contributed by atoms with E-state index in [1.807, 2.05) is 11.8 Å². The van der Waals surface area contributed by atoms with Crippen molar-refractivity contribution in [2.45, 2.75) is 51.8 Å². The van der Waals surface area contributed by atoms with Crippen LogP contribution in [0.3, 0.4) is 0 Å². The Kier molecular flexibility index (Phi) is 8.22. The Bertz CT molecular complexity index is 1570. The number of benzene rings is 2. The van der Waals surface area contributed by atoms with Gasteiger partial charge in [0.05, 0.1) is 30.8 Å². The monoisotopic (exact) mass is 579 g/mol. The molecule has 0 bridgehead atoms. The van der Waals surface area contributed by atoms with E-state index in [1.54, 1.807) is 12.2 Å². The van der Waals surface area contributed by atoms with Crippen molar-refractivity contribution in [2.24, 2.45) is 5.92 Å². The van der Waals surface area contributed by atoms with Gasteiger partial charge in [0.15, 0.2) is 0 Å². The average Bonchev–Trinajstić information content (AvgIpc) is 3.72. The first-order chi connectivity index (χ1) is 20.9. The number of nitrogens with zero attached hydrogens (tertiary/aromatic N) is 7. The molecule has 1 aliphatic carbocycles. The van der Waals surface area contributed by atoms with Crippen LogP contribution in [0.25, 0.3) is 10.8 Å². The first-order valence-corrected chi connectivity index (χ1v) is 15.4. The Balaban J connectivity index is 1.33. The van der Waals surface area contributed by atoms with Crippen molar-refractivity contribution in [2.75, 3.05) is 56.6 Å². The minimum Gasteiger partial charge on any atom is -0.460 e. The van der Waals surface area contributed by atoms with E-state index in [2.05, 4.69) is 78.2 Å². The zero-order chi connectivity index (χ0) is 30.1. The predicted molar refractivity (Wildman–Crippen MR) is 169 cm³/mol. The molecule has 3 atom stereocenters. The summed E-state index contributed by atoms with van der Waals surface area (Å²) in [5.74, 6) is 1.33. The second kappa shape index (κ2) is 12.2. The summed E-state index contributed by atoms with van der Waals surface area (Å²) in [5.41, 5.74) is 4.62. The van der Waals surface area contributed by atoms with Gasteiger partial charge in [-0.05, 0) is 63.9 Å². The number of piperazine rings is 1. The van der Waals surface area contributed by atoms with E-state index in [0.717, 1.165) is 43.0 Å². The molecular weight excluding hydrogens is 538 g/mol. The van der Waals surface area contributed by atoms with Crippen molar-refractivity contribution in [1.29, 1.82) is 5.26 Å². The summed E-state index contributed by atoms with van der Waals surface area (Å²) in [4.78, 5) is 31.5. The van der Waals surface area contributed by atoms with Gasteiger partial charge in [-0.1, -0.05) is 36.4 Å². The standard InChI is InChI=1S/C34H41N7O2/c1-5-8-31(42)41-18-17-40(21-26(41)13-15-35)33-27-14-16-39(29-12-7-11-24-10-6-9-23(2)32(24)29)22-28(27)36-34(37-33)43-30-19-25(30)20-38(3)4/h5-12,25-26,30H,13-14,16-22H2,1-4H3/b8-5+. The molecule has 0 radical (unpaired) electrons. The molecule has 2 aromatic carbocycles. The number of nitriles is 1. The number of allylic oxidation sites excluding steroid dienone is 1. The fourth-order valence-electron chi connectivity index (χ4n) is 6.69. The van der Waals surface area contributed by atoms with Gasteiger partial charge in [0, 0.05) is 55.3 Å². The first kappa shape index (κ1) is 28.9. The zero-order valence-electron chi connectivity index (χ0n) is 25.7. The number of anilines is 2. The maximum absolute atomic E-state index is 12.8. The van der Waals surface area contributed by atoms with Gasteiger partial charge >= 0.3 is 6.01 Å². The van der Waals surface area contributed by atoms with Gasteiger partial charge in [-0.3, -0.25) is 4.79 Å². The number of hydrogen-bond acceptors (Lipinski definition) is 8. The molecule has 9 nitrogen and oxygen atoms in total. The zero-order valence-corrected chi connectivity index (χ0v) is 25.7. The van der Waals surface area contributed by atoms with Gasteiger partial charge in [0.25, 0.3) is 0 Å². The minimum atomic E-state index is -0.205. The molecule has 0 N–H and O–H groups in total. The molecule has 1 aromatic heterocycles. The third-order valence-corrected chi connectivity index (χ3v) is 8.87. The molecule has 9 heteroatoms. The van der Waals surface area contributed by atoms with Crippen LogP contribution in [0.2, 0.25) is 0 Å². The molecule has 3 heterocycles. The van der Waals surface area contributed by atoms with Crippen LogP contribution in [-0.2, 0) is 17.8 Å². The fraction of sp³-hybridized carbons (Fsp3) is 0.471. The van der Waals surface area contributed by atoms with Gasteiger partial charge in [0.2, 0.25) is 5.91 Å². The first-order valence-electron chi connectivity index (χ1n) is 15.4. The van der Waals surface area contributed by atoms with Gasteiger partial charge in [-0.2, -0.15) is 15.2 Å². The maximum atomic E-state index is 12.8. The number of aromatic nitrogens is 2. The number of fused-ring (bicyclic) bond motifs is 2. The van der Waals surface area contributed by atoms with E-state index in [-0.39, 0.29) is 24.5 Å². The molecule has 224 valence electrons. The second-order valence-corrected chi connectivity index (χ2v) is 12.3. The van der Waals surface area contributed by atoms with Crippen LogP contribution in [-0.4, -0.2) is 84.6 Å². The third kappa shape index (κ3) is 6.02. The molecule has 1 saturated heterocycles. The lowest BCUT2D eigenvalue weighted by atomic mass is 9.99. The molecule has 6 rings (SSSR count). The van der Waals surface area contributed by atoms with Crippen molar-refractivity contribution < 1.29 is 9.53 Å². The van der Waals surface area contributed by atoms with Crippen molar-refractivity contribution in [3.63, 3.8) is 0 Å². The largest absolute Gasteiger partial charge is 0.460 e. The van der Waals surface area contributed by atoms with E-state index < -0.39 is 0 Å². The smallest absolute Gasteiger partial charge is 0.318 e. The lowest BCUT2D eigenvalue weighted by molar-refractivity contribution is -0.128. The summed E-state index contributed by atoms with van der Waals surface area (Å²) in [6, 6.07) is 15.5. The topological polar surface area (TPSA) is 88.8 Å². The second-order valence-electron chi connectivity index (χ2n) is 12.3. The van der Waals surface area contributed by atoms with Gasteiger partial charge < -0.3 is 24.3 Å². The van der Waals surface area contributed by atoms with E-state index in [9.17, 15) is 10.1 Å². The summed E-state index contributed by atoms with van der Waals surface area (Å²) < 4.78 is 6.41. The highest BCUT2D eigenvalue weighted by molar-refractivity contribution is 5.97. The molecule has 0 spiro atoms. The number of rotatable bonds is 8. The van der Waals surface area contributed by atoms with Crippen LogP contribution in [0.1, 0.15) is 36.6 Å². The van der Waals surface area contributed by atoms with Crippen LogP contribution < -0.4 is 14.5 Å². The van der Waals surface area contributed by atoms with E-state index in [4.69, 9.17) is 14.7 Å². The SMILES string of the molecule is C/C=C/C(=O)N1CCN(c2nc(OC3CC3CN(C)C)nc3c2CCN(c2cccc4cccc(C)c24)C3)CC1CC#N. The van der Waals surface area contributed by atoms with Crippen LogP contribution >= 0.6 is 0 Å². The van der Waals surface area contributed by atoms with Gasteiger partial charge in [-0.15, -0.1) is 0 Å². The van der Waals surface area contributed by atoms with Crippen LogP contribution in [0.5, 0.6) is 6.01 Å². The number of carbonyl (C=O) groups is 1. The van der Waals surface area contributed by atoms with Crippen LogP contribution in [0.15, 0.2) is 48.6 Å². The van der Waals surface area contributed by atoms with Crippen molar-refractivity contribution >= 4 is 28.2 Å². The highest BCUT2D eigenvalue weighted by Crippen LogP contribution is 2.38. The number of amides is 1. The molecule has 2 aliphatic heterocycles. The Morgan fingerprint density at radius 2 is 1.95 bits per heavy atom. The summed E-state index contributed by atoms with van der Waals surface area (Å²) in [6.07, 6.45) is 5.55. The molecule has 3 unspecified atom stereocenters. The summed E-state index contributed by atoms with van der Waals surface area (Å²) in [6.45, 7) is 8.26. The van der Waals surface area contributed by atoms with Crippen molar-refractivity contribution in [3.05, 3.63) is 65.4 Å². The van der Waals surface area contributed by atoms with E-state index in [0.29, 0.717) is 38.1 Å². The molecule has 1 amide bonds. The van der Waals surface area contributed by atoms with Gasteiger partial charge in [-0.25, -0.2) is 0 Å². The molecule has 3 aromatic rings. The lowest BCUT2D eigenvalue weighted by Crippen LogP contribution is -2.55. The van der Waals surface area contributed by atoms with E-state index >= 15 is 0 Å². The highest BCUT2D eigenvalue weighted by Gasteiger charge is 2.41. The molecule has 2 fully saturated rings. The molecule has 3 aliphatic rings. The van der Waals surface area contributed by atoms with Crippen LogP contribution in [0.4, 0.5) is 11.5 Å². The van der Waals surface area contributed by atoms with Crippen molar-refractivity contribution in [3.8, 4) is 12.1 Å². The normalized spacial score (nSPS) is 21.8. The molecule has 43 heavy (non-hydrogen) atoms.